The first-order chi connectivity index (χ1) is 4.00. The number of rotatable bonds is 0. The maximum atomic E-state index is 9.69. The molecule has 0 amide bonds. The molecule has 1 nitrogen and oxygen atoms in total. The minimum absolute atomic E-state index is 0. The summed E-state index contributed by atoms with van der Waals surface area (Å²) in [7, 11) is 0. The van der Waals surface area contributed by atoms with Crippen molar-refractivity contribution in [3.05, 3.63) is 0 Å². The van der Waals surface area contributed by atoms with Gasteiger partial charge in [0.1, 0.15) is 0 Å². The van der Waals surface area contributed by atoms with E-state index in [-0.39, 0.29) is 5.48 Å². The molecule has 0 aromatic rings. The standard InChI is InChI=1S/2CF4.H2O/c2*2-1(3,4)5;/h;;1H2. The van der Waals surface area contributed by atoms with Gasteiger partial charge in [0.15, 0.2) is 0 Å². The molecule has 0 aliphatic rings. The molecule has 11 heavy (non-hydrogen) atoms. The molecule has 0 radical (unpaired) electrons. The third-order valence-electron chi connectivity index (χ3n) is 0. The second kappa shape index (κ2) is 5.10. The van der Waals surface area contributed by atoms with Crippen LogP contribution in [0.25, 0.3) is 0 Å². The summed E-state index contributed by atoms with van der Waals surface area (Å²) in [5.74, 6) is 0. The van der Waals surface area contributed by atoms with Gasteiger partial charge in [0, 0.05) is 0 Å². The van der Waals surface area contributed by atoms with Crippen LogP contribution in [-0.4, -0.2) is 18.3 Å². The maximum absolute atomic E-state index is 9.69. The van der Waals surface area contributed by atoms with Crippen LogP contribution in [0.15, 0.2) is 0 Å². The molecule has 0 heterocycles. The van der Waals surface area contributed by atoms with Gasteiger partial charge >= 0.3 is 12.9 Å². The molecule has 0 rings (SSSR count). The monoisotopic (exact) mass is 194 g/mol. The lowest BCUT2D eigenvalue weighted by atomic mass is 11.5. The summed E-state index contributed by atoms with van der Waals surface area (Å²) in [5.41, 5.74) is 0. The Morgan fingerprint density at radius 3 is 0.455 bits per heavy atom. The molecule has 0 unspecified atom stereocenters. The van der Waals surface area contributed by atoms with Crippen LogP contribution in [0.1, 0.15) is 0 Å². The molecule has 0 atom stereocenters. The maximum Gasteiger partial charge on any atom is 0.559 e. The minimum Gasteiger partial charge on any atom is -0.412 e. The van der Waals surface area contributed by atoms with E-state index >= 15 is 0 Å². The van der Waals surface area contributed by atoms with Gasteiger partial charge in [-0.15, -0.1) is 35.1 Å². The fraction of sp³-hybridized carbons (Fsp3) is 1.00. The molecular weight excluding hydrogens is 192 g/mol. The number of alkyl halides is 8. The zero-order valence-electron chi connectivity index (χ0n) is 4.52. The molecule has 0 fully saturated rings. The predicted molar refractivity (Wildman–Crippen MR) is 17.9 cm³/mol. The van der Waals surface area contributed by atoms with Crippen molar-refractivity contribution in [1.82, 2.24) is 0 Å². The van der Waals surface area contributed by atoms with Crippen LogP contribution in [0, 0.1) is 0 Å². The van der Waals surface area contributed by atoms with Crippen molar-refractivity contribution >= 4 is 0 Å². The topological polar surface area (TPSA) is 31.5 Å². The van der Waals surface area contributed by atoms with Gasteiger partial charge in [-0.25, -0.2) is 0 Å². The van der Waals surface area contributed by atoms with E-state index in [2.05, 4.69) is 0 Å². The largest absolute Gasteiger partial charge is 0.559 e. The number of hydrogen-bond acceptors (Lipinski definition) is 0. The summed E-state index contributed by atoms with van der Waals surface area (Å²) in [5, 5.41) is 0. The van der Waals surface area contributed by atoms with Gasteiger partial charge in [-0.05, 0) is 0 Å². The quantitative estimate of drug-likeness (QED) is 0.529. The number of hydrogen-bond donors (Lipinski definition) is 0. The van der Waals surface area contributed by atoms with Crippen molar-refractivity contribution < 1.29 is 40.6 Å². The summed E-state index contributed by atoms with van der Waals surface area (Å²) in [6, 6.07) is 0. The van der Waals surface area contributed by atoms with Crippen molar-refractivity contribution in [1.29, 1.82) is 0 Å². The van der Waals surface area contributed by atoms with Crippen LogP contribution in [-0.2, 0) is 0 Å². The Morgan fingerprint density at radius 1 is 0.455 bits per heavy atom. The molecule has 0 aromatic heterocycles. The van der Waals surface area contributed by atoms with Crippen LogP contribution in [0.5, 0.6) is 0 Å². The molecule has 0 saturated carbocycles. The Morgan fingerprint density at radius 2 is 0.455 bits per heavy atom. The first-order valence-electron chi connectivity index (χ1n) is 1.51. The van der Waals surface area contributed by atoms with Crippen LogP contribution >= 0.6 is 0 Å². The Labute approximate surface area is 54.9 Å². The van der Waals surface area contributed by atoms with Gasteiger partial charge < -0.3 is 5.48 Å². The second-order valence-electron chi connectivity index (χ2n) is 0.857. The third kappa shape index (κ3) is 1430. The Hall–Kier alpha value is -0.600. The SMILES string of the molecule is FC(F)(F)F.FC(F)(F)F.O. The zero-order chi connectivity index (χ0) is 9.00. The van der Waals surface area contributed by atoms with E-state index in [0.717, 1.165) is 0 Å². The lowest BCUT2D eigenvalue weighted by Crippen LogP contribution is -1.92. The van der Waals surface area contributed by atoms with E-state index in [1.54, 1.807) is 0 Å². The molecule has 0 aliphatic carbocycles. The van der Waals surface area contributed by atoms with Crippen LogP contribution in [0.3, 0.4) is 0 Å². The predicted octanol–water partition coefficient (Wildman–Crippen LogP) is 2.13. The normalized spacial score (nSPS) is 10.9. The van der Waals surface area contributed by atoms with E-state index in [0.29, 0.717) is 0 Å². The van der Waals surface area contributed by atoms with Gasteiger partial charge in [-0.2, -0.15) is 0 Å². The first-order valence-corrected chi connectivity index (χ1v) is 1.51. The van der Waals surface area contributed by atoms with Crippen molar-refractivity contribution in [3.63, 3.8) is 0 Å². The van der Waals surface area contributed by atoms with Crippen molar-refractivity contribution in [3.8, 4) is 0 Å². The van der Waals surface area contributed by atoms with Crippen LogP contribution in [0.2, 0.25) is 0 Å². The first kappa shape index (κ1) is 16.8. The summed E-state index contributed by atoms with van der Waals surface area (Å²) in [6.07, 6.45) is -11.0. The molecule has 0 bridgehead atoms. The van der Waals surface area contributed by atoms with Gasteiger partial charge in [-0.1, -0.05) is 0 Å². The lowest BCUT2D eigenvalue weighted by Gasteiger charge is -1.82. The van der Waals surface area contributed by atoms with Crippen molar-refractivity contribution in [2.45, 2.75) is 12.9 Å². The Kier molecular flexibility index (Phi) is 7.79. The van der Waals surface area contributed by atoms with Gasteiger partial charge in [0.05, 0.1) is 0 Å². The average molecular weight is 194 g/mol. The molecule has 0 spiro atoms. The average Bonchev–Trinajstić information content (AvgIpc) is 1.12. The molecule has 9 heteroatoms. The summed E-state index contributed by atoms with van der Waals surface area (Å²) in [6.45, 7) is 0. The molecular formula is C2H2F8O. The van der Waals surface area contributed by atoms with Gasteiger partial charge in [0.2, 0.25) is 0 Å². The van der Waals surface area contributed by atoms with E-state index < -0.39 is 12.9 Å². The highest BCUT2D eigenvalue weighted by Crippen LogP contribution is 2.14. The highest BCUT2D eigenvalue weighted by Gasteiger charge is 2.25. The molecule has 0 aliphatic heterocycles. The minimum atomic E-state index is -5.50. The highest BCUT2D eigenvalue weighted by molar-refractivity contribution is 4.08. The Balaban J connectivity index is -0.000000107. The van der Waals surface area contributed by atoms with Crippen LogP contribution < -0.4 is 0 Å². The second-order valence-corrected chi connectivity index (χ2v) is 0.857. The van der Waals surface area contributed by atoms with E-state index in [1.807, 2.05) is 0 Å². The van der Waals surface area contributed by atoms with Crippen molar-refractivity contribution in [2.24, 2.45) is 0 Å². The van der Waals surface area contributed by atoms with Gasteiger partial charge in [-0.3, -0.25) is 0 Å². The summed E-state index contributed by atoms with van der Waals surface area (Å²) >= 11 is 0. The zero-order valence-corrected chi connectivity index (χ0v) is 4.52. The molecule has 2 N–H and O–H groups in total. The summed E-state index contributed by atoms with van der Waals surface area (Å²) < 4.78 is 77.5. The van der Waals surface area contributed by atoms with E-state index in [4.69, 9.17) is 0 Å². The Bertz CT molecular complexity index is 55.1. The van der Waals surface area contributed by atoms with Crippen LogP contribution in [0.4, 0.5) is 35.1 Å². The molecule has 0 aromatic carbocycles. The molecule has 0 saturated heterocycles. The van der Waals surface area contributed by atoms with E-state index in [1.165, 1.54) is 0 Å². The van der Waals surface area contributed by atoms with E-state index in [9.17, 15) is 35.1 Å². The van der Waals surface area contributed by atoms with Crippen molar-refractivity contribution in [2.75, 3.05) is 0 Å². The smallest absolute Gasteiger partial charge is 0.412 e. The fourth-order valence-electron chi connectivity index (χ4n) is 0. The lowest BCUT2D eigenvalue weighted by molar-refractivity contribution is -0.238. The fourth-order valence-corrected chi connectivity index (χ4v) is 0. The summed E-state index contributed by atoms with van der Waals surface area (Å²) in [4.78, 5) is 0. The molecule has 72 valence electrons. The van der Waals surface area contributed by atoms with Gasteiger partial charge in [0.25, 0.3) is 0 Å². The number of halogens is 8. The third-order valence-corrected chi connectivity index (χ3v) is 0. The highest BCUT2D eigenvalue weighted by atomic mass is 19.5.